The van der Waals surface area contributed by atoms with Crippen molar-refractivity contribution in [3.05, 3.63) is 66.9 Å². The highest BCUT2D eigenvalue weighted by Crippen LogP contribution is 2.33. The third-order valence-electron chi connectivity index (χ3n) is 7.90. The van der Waals surface area contributed by atoms with Crippen LogP contribution in [0.4, 0.5) is 10.1 Å². The lowest BCUT2D eigenvalue weighted by Gasteiger charge is -2.15. The van der Waals surface area contributed by atoms with Crippen LogP contribution in [-0.4, -0.2) is 72.2 Å². The van der Waals surface area contributed by atoms with Crippen molar-refractivity contribution in [3.8, 4) is 39.7 Å². The Kier molecular flexibility index (Phi) is 7.64. The number of amides is 1. The third kappa shape index (κ3) is 5.96. The summed E-state index contributed by atoms with van der Waals surface area (Å²) in [4.78, 5) is 36.3. The van der Waals surface area contributed by atoms with E-state index in [1.54, 1.807) is 18.6 Å². The zero-order valence-corrected chi connectivity index (χ0v) is 25.0. The molecule has 1 aromatic carbocycles. The number of halogens is 1. The maximum absolute atomic E-state index is 14.8. The fourth-order valence-corrected chi connectivity index (χ4v) is 5.52. The van der Waals surface area contributed by atoms with Crippen LogP contribution >= 0.6 is 0 Å². The first-order chi connectivity index (χ1) is 21.9. The first-order valence-electron chi connectivity index (χ1n) is 15.0. The summed E-state index contributed by atoms with van der Waals surface area (Å²) < 4.78 is 20.7. The van der Waals surface area contributed by atoms with Crippen molar-refractivity contribution in [1.29, 1.82) is 0 Å². The first-order valence-corrected chi connectivity index (χ1v) is 15.0. The molecule has 0 radical (unpaired) electrons. The highest BCUT2D eigenvalue weighted by Gasteiger charge is 2.19. The molecule has 12 heteroatoms. The van der Waals surface area contributed by atoms with Gasteiger partial charge in [0.1, 0.15) is 29.2 Å². The number of anilines is 1. The number of pyridine rings is 3. The van der Waals surface area contributed by atoms with E-state index < -0.39 is 0 Å². The van der Waals surface area contributed by atoms with E-state index in [-0.39, 0.29) is 17.6 Å². The SMILES string of the molecule is CC(C)C(=O)Nc1cncc(-c2ccc3[nH]nc(-c4nc5c(-c6cc(F)cc(OCCN7CCCC7)c6)ccnc5[nH]4)c3n2)c1. The molecule has 1 aliphatic rings. The Morgan fingerprint density at radius 2 is 1.91 bits per heavy atom. The fourth-order valence-electron chi connectivity index (χ4n) is 5.52. The van der Waals surface area contributed by atoms with Crippen molar-refractivity contribution in [1.82, 2.24) is 40.0 Å². The van der Waals surface area contributed by atoms with E-state index in [2.05, 4.69) is 35.4 Å². The van der Waals surface area contributed by atoms with Crippen LogP contribution in [-0.2, 0) is 4.79 Å². The molecule has 3 N–H and O–H groups in total. The minimum Gasteiger partial charge on any atom is -0.492 e. The van der Waals surface area contributed by atoms with Gasteiger partial charge in [-0.3, -0.25) is 19.8 Å². The molecular weight excluding hydrogens is 573 g/mol. The lowest BCUT2D eigenvalue weighted by atomic mass is 10.1. The minimum absolute atomic E-state index is 0.0909. The Morgan fingerprint density at radius 3 is 2.76 bits per heavy atom. The molecule has 0 bridgehead atoms. The van der Waals surface area contributed by atoms with Crippen molar-refractivity contribution < 1.29 is 13.9 Å². The van der Waals surface area contributed by atoms with Gasteiger partial charge in [0.2, 0.25) is 5.91 Å². The number of carbonyl (C=O) groups is 1. The van der Waals surface area contributed by atoms with Crippen LogP contribution in [0.25, 0.3) is 56.1 Å². The summed E-state index contributed by atoms with van der Waals surface area (Å²) in [5.74, 6) is 0.308. The zero-order chi connectivity index (χ0) is 30.9. The maximum Gasteiger partial charge on any atom is 0.226 e. The molecule has 228 valence electrons. The van der Waals surface area contributed by atoms with Gasteiger partial charge in [-0.1, -0.05) is 13.8 Å². The molecular formula is C33H32FN9O2. The molecule has 0 unspecified atom stereocenters. The second-order valence-corrected chi connectivity index (χ2v) is 11.5. The summed E-state index contributed by atoms with van der Waals surface area (Å²) in [7, 11) is 0. The maximum atomic E-state index is 14.8. The van der Waals surface area contributed by atoms with Crippen LogP contribution in [0, 0.1) is 11.7 Å². The van der Waals surface area contributed by atoms with Gasteiger partial charge in [-0.05, 0) is 67.9 Å². The van der Waals surface area contributed by atoms with Crippen molar-refractivity contribution in [2.75, 3.05) is 31.6 Å². The number of aromatic nitrogens is 7. The van der Waals surface area contributed by atoms with E-state index in [0.29, 0.717) is 63.1 Å². The molecule has 1 saturated heterocycles. The normalized spacial score (nSPS) is 13.7. The van der Waals surface area contributed by atoms with Crippen LogP contribution in [0.1, 0.15) is 26.7 Å². The van der Waals surface area contributed by atoms with Crippen LogP contribution in [0.15, 0.2) is 61.1 Å². The number of ether oxygens (including phenoxy) is 1. The number of hydrogen-bond acceptors (Lipinski definition) is 8. The van der Waals surface area contributed by atoms with Crippen LogP contribution in [0.5, 0.6) is 5.75 Å². The Hall–Kier alpha value is -5.23. The number of fused-ring (bicyclic) bond motifs is 2. The quantitative estimate of drug-likeness (QED) is 0.187. The van der Waals surface area contributed by atoms with Gasteiger partial charge in [0, 0.05) is 42.0 Å². The van der Waals surface area contributed by atoms with Gasteiger partial charge >= 0.3 is 0 Å². The molecule has 6 heterocycles. The molecule has 0 saturated carbocycles. The lowest BCUT2D eigenvalue weighted by Crippen LogP contribution is -2.25. The van der Waals surface area contributed by atoms with Gasteiger partial charge in [0.25, 0.3) is 0 Å². The second kappa shape index (κ2) is 12.0. The molecule has 1 aliphatic heterocycles. The fraction of sp³-hybridized carbons (Fsp3) is 0.273. The van der Waals surface area contributed by atoms with Crippen molar-refractivity contribution in [3.63, 3.8) is 0 Å². The molecule has 6 aromatic rings. The topological polar surface area (TPSA) is 138 Å². The van der Waals surface area contributed by atoms with Crippen molar-refractivity contribution in [2.45, 2.75) is 26.7 Å². The predicted octanol–water partition coefficient (Wildman–Crippen LogP) is 5.83. The number of nitrogens with one attached hydrogen (secondary N) is 3. The zero-order valence-electron chi connectivity index (χ0n) is 25.0. The number of rotatable bonds is 9. The van der Waals surface area contributed by atoms with Gasteiger partial charge in [0.15, 0.2) is 17.2 Å². The van der Waals surface area contributed by atoms with E-state index in [0.717, 1.165) is 30.7 Å². The van der Waals surface area contributed by atoms with Gasteiger partial charge < -0.3 is 15.0 Å². The second-order valence-electron chi connectivity index (χ2n) is 11.5. The van der Waals surface area contributed by atoms with E-state index in [4.69, 9.17) is 14.7 Å². The number of carbonyl (C=O) groups excluding carboxylic acids is 1. The average Bonchev–Trinajstić information content (AvgIpc) is 3.80. The summed E-state index contributed by atoms with van der Waals surface area (Å²) in [5, 5.41) is 10.4. The number of hydrogen-bond donors (Lipinski definition) is 3. The Labute approximate surface area is 258 Å². The number of nitrogens with zero attached hydrogens (tertiary/aromatic N) is 6. The number of H-pyrrole nitrogens is 2. The molecule has 1 fully saturated rings. The van der Waals surface area contributed by atoms with Gasteiger partial charge in [-0.25, -0.2) is 19.3 Å². The molecule has 11 nitrogen and oxygen atoms in total. The number of imidazole rings is 1. The summed E-state index contributed by atoms with van der Waals surface area (Å²) in [6.45, 7) is 7.14. The van der Waals surface area contributed by atoms with E-state index in [9.17, 15) is 9.18 Å². The summed E-state index contributed by atoms with van der Waals surface area (Å²) in [5.41, 5.74) is 6.29. The first kappa shape index (κ1) is 28.5. The largest absolute Gasteiger partial charge is 0.492 e. The number of benzene rings is 1. The summed E-state index contributed by atoms with van der Waals surface area (Å²) in [6, 6.07) is 12.1. The standard InChI is InChI=1S/C33H32FN9O2/c1-19(2)33(44)37-23-14-21(17-35-18-23)26-5-6-27-29(38-26)30(42-41-27)32-39-28-25(7-8-36-31(28)40-32)20-13-22(34)16-24(15-20)45-12-11-43-9-3-4-10-43/h5-8,13-19H,3-4,9-12H2,1-2H3,(H,37,44)(H,41,42)(H,36,39,40). The molecule has 5 aromatic heterocycles. The van der Waals surface area contributed by atoms with Gasteiger partial charge in [-0.15, -0.1) is 0 Å². The molecule has 1 amide bonds. The van der Waals surface area contributed by atoms with E-state index in [1.807, 2.05) is 44.2 Å². The van der Waals surface area contributed by atoms with Crippen LogP contribution < -0.4 is 10.1 Å². The van der Waals surface area contributed by atoms with Gasteiger partial charge in [0.05, 0.1) is 23.1 Å². The molecule has 7 rings (SSSR count). The highest BCUT2D eigenvalue weighted by molar-refractivity contribution is 5.95. The van der Waals surface area contributed by atoms with Crippen molar-refractivity contribution in [2.24, 2.45) is 5.92 Å². The van der Waals surface area contributed by atoms with Crippen molar-refractivity contribution >= 4 is 33.8 Å². The minimum atomic E-state index is -0.387. The Bertz CT molecular complexity index is 2010. The van der Waals surface area contributed by atoms with Gasteiger partial charge in [-0.2, -0.15) is 5.10 Å². The molecule has 0 atom stereocenters. The average molecular weight is 606 g/mol. The Morgan fingerprint density at radius 1 is 1.04 bits per heavy atom. The lowest BCUT2D eigenvalue weighted by molar-refractivity contribution is -0.118. The van der Waals surface area contributed by atoms with E-state index >= 15 is 0 Å². The van der Waals surface area contributed by atoms with Crippen LogP contribution in [0.3, 0.4) is 0 Å². The third-order valence-corrected chi connectivity index (χ3v) is 7.90. The monoisotopic (exact) mass is 605 g/mol. The molecule has 45 heavy (non-hydrogen) atoms. The summed E-state index contributed by atoms with van der Waals surface area (Å²) in [6.07, 6.45) is 7.38. The number of likely N-dealkylation sites (tertiary alicyclic amines) is 1. The van der Waals surface area contributed by atoms with E-state index in [1.165, 1.54) is 25.0 Å². The smallest absolute Gasteiger partial charge is 0.226 e. The highest BCUT2D eigenvalue weighted by atomic mass is 19.1. The Balaban J connectivity index is 1.20. The summed E-state index contributed by atoms with van der Waals surface area (Å²) >= 11 is 0. The number of aromatic amines is 2. The molecule has 0 aliphatic carbocycles. The predicted molar refractivity (Wildman–Crippen MR) is 170 cm³/mol. The molecule has 0 spiro atoms. The van der Waals surface area contributed by atoms with Crippen LogP contribution in [0.2, 0.25) is 0 Å².